The van der Waals surface area contributed by atoms with Crippen LogP contribution in [0.25, 0.3) is 0 Å². The van der Waals surface area contributed by atoms with Crippen molar-refractivity contribution in [2.75, 3.05) is 20.7 Å². The van der Waals surface area contributed by atoms with Crippen LogP contribution in [-0.2, 0) is 4.79 Å². The molecule has 2 aromatic rings. The number of benzene rings is 2. The second-order valence-corrected chi connectivity index (χ2v) is 8.79. The largest absolute Gasteiger partial charge is 0.497 e. The second-order valence-electron chi connectivity index (χ2n) is 8.79. The Morgan fingerprint density at radius 1 is 1.19 bits per heavy atom. The molecule has 1 N–H and O–H groups in total. The number of rotatable bonds is 5. The first-order valence-corrected chi connectivity index (χ1v) is 10.4. The summed E-state index contributed by atoms with van der Waals surface area (Å²) in [7, 11) is 3.14. The second kappa shape index (κ2) is 9.38. The summed E-state index contributed by atoms with van der Waals surface area (Å²) in [5.41, 5.74) is 1.26. The molecule has 1 aliphatic heterocycles. The van der Waals surface area contributed by atoms with E-state index in [4.69, 9.17) is 4.74 Å². The molecular formula is C24H29FN4O3. The highest BCUT2D eigenvalue weighted by molar-refractivity contribution is 6.03. The van der Waals surface area contributed by atoms with Gasteiger partial charge in [0.1, 0.15) is 18.1 Å². The van der Waals surface area contributed by atoms with Crippen LogP contribution < -0.4 is 10.1 Å². The van der Waals surface area contributed by atoms with Gasteiger partial charge in [0.15, 0.2) is 0 Å². The van der Waals surface area contributed by atoms with Crippen molar-refractivity contribution in [1.82, 2.24) is 15.2 Å². The minimum atomic E-state index is -0.427. The van der Waals surface area contributed by atoms with Gasteiger partial charge in [0.05, 0.1) is 18.9 Å². The normalized spacial score (nSPS) is 15.9. The fraction of sp³-hybridized carbons (Fsp3) is 0.375. The van der Waals surface area contributed by atoms with Crippen molar-refractivity contribution >= 4 is 17.6 Å². The van der Waals surface area contributed by atoms with Gasteiger partial charge in [-0.1, -0.05) is 30.3 Å². The van der Waals surface area contributed by atoms with Crippen molar-refractivity contribution in [2.45, 2.75) is 38.8 Å². The molecular weight excluding hydrogens is 411 g/mol. The Hall–Kier alpha value is -3.42. The number of likely N-dealkylation sites (N-methyl/N-ethyl adjacent to an activating group) is 1. The van der Waals surface area contributed by atoms with E-state index in [1.54, 1.807) is 32.4 Å². The number of ether oxygens (including phenoxy) is 1. The lowest BCUT2D eigenvalue weighted by Crippen LogP contribution is -2.49. The van der Waals surface area contributed by atoms with E-state index >= 15 is 0 Å². The van der Waals surface area contributed by atoms with Gasteiger partial charge in [-0.3, -0.25) is 4.79 Å². The van der Waals surface area contributed by atoms with Crippen LogP contribution >= 0.6 is 0 Å². The molecule has 32 heavy (non-hydrogen) atoms. The molecule has 3 amide bonds. The van der Waals surface area contributed by atoms with Crippen molar-refractivity contribution in [2.24, 2.45) is 5.10 Å². The van der Waals surface area contributed by atoms with E-state index in [1.165, 1.54) is 16.0 Å². The molecule has 1 aliphatic rings. The average Bonchev–Trinajstić information content (AvgIpc) is 3.18. The quantitative estimate of drug-likeness (QED) is 0.765. The molecule has 1 heterocycles. The van der Waals surface area contributed by atoms with Crippen LogP contribution in [0.15, 0.2) is 53.6 Å². The van der Waals surface area contributed by atoms with Gasteiger partial charge in [0.25, 0.3) is 5.91 Å². The molecule has 1 atom stereocenters. The van der Waals surface area contributed by atoms with Crippen LogP contribution in [0, 0.1) is 5.82 Å². The van der Waals surface area contributed by atoms with Gasteiger partial charge in [-0.05, 0) is 44.5 Å². The molecule has 0 aliphatic carbocycles. The van der Waals surface area contributed by atoms with Gasteiger partial charge < -0.3 is 15.0 Å². The van der Waals surface area contributed by atoms with Crippen molar-refractivity contribution in [1.29, 1.82) is 0 Å². The Bertz CT molecular complexity index is 1010. The van der Waals surface area contributed by atoms with Crippen LogP contribution in [-0.4, -0.2) is 53.8 Å². The fourth-order valence-corrected chi connectivity index (χ4v) is 3.45. The molecule has 0 aromatic heterocycles. The standard InChI is InChI=1S/C24H29FN4O3/c1-24(2,3)26-23(31)28(4)15-22(30)29-21(16-10-12-17(32-5)13-11-16)14-20(27-29)18-8-6-7-9-19(18)25/h6-13,21H,14-15H2,1-5H3,(H,26,31). The number of urea groups is 1. The Balaban J connectivity index is 1.87. The molecule has 2 aromatic carbocycles. The highest BCUT2D eigenvalue weighted by Gasteiger charge is 2.34. The number of hydrogen-bond acceptors (Lipinski definition) is 4. The van der Waals surface area contributed by atoms with E-state index in [1.807, 2.05) is 45.0 Å². The third-order valence-electron chi connectivity index (χ3n) is 5.05. The summed E-state index contributed by atoms with van der Waals surface area (Å²) in [5, 5.41) is 8.66. The zero-order chi connectivity index (χ0) is 23.5. The molecule has 7 nitrogen and oxygen atoms in total. The summed E-state index contributed by atoms with van der Waals surface area (Å²) >= 11 is 0. The first-order valence-electron chi connectivity index (χ1n) is 10.4. The van der Waals surface area contributed by atoms with Gasteiger partial charge in [-0.15, -0.1) is 0 Å². The average molecular weight is 441 g/mol. The summed E-state index contributed by atoms with van der Waals surface area (Å²) in [5.74, 6) is -0.0575. The lowest BCUT2D eigenvalue weighted by atomic mass is 9.98. The van der Waals surface area contributed by atoms with Gasteiger partial charge in [-0.25, -0.2) is 14.2 Å². The maximum atomic E-state index is 14.4. The minimum Gasteiger partial charge on any atom is -0.497 e. The SMILES string of the molecule is COc1ccc(C2CC(c3ccccc3F)=NN2C(=O)CN(C)C(=O)NC(C)(C)C)cc1. The Labute approximate surface area is 187 Å². The number of amides is 3. The van der Waals surface area contributed by atoms with Crippen molar-refractivity contribution in [3.05, 3.63) is 65.5 Å². The molecule has 0 radical (unpaired) electrons. The predicted molar refractivity (Wildman–Crippen MR) is 121 cm³/mol. The highest BCUT2D eigenvalue weighted by atomic mass is 19.1. The summed E-state index contributed by atoms with van der Waals surface area (Å²) < 4.78 is 19.6. The van der Waals surface area contributed by atoms with E-state index in [0.717, 1.165) is 5.56 Å². The smallest absolute Gasteiger partial charge is 0.318 e. The van der Waals surface area contributed by atoms with Crippen LogP contribution in [0.1, 0.15) is 44.4 Å². The van der Waals surface area contributed by atoms with Crippen molar-refractivity contribution in [3.8, 4) is 5.75 Å². The zero-order valence-corrected chi connectivity index (χ0v) is 19.1. The number of carbonyl (C=O) groups excluding carboxylic acids is 2. The molecule has 0 saturated heterocycles. The van der Waals surface area contributed by atoms with E-state index in [0.29, 0.717) is 23.4 Å². The Kier molecular flexibility index (Phi) is 6.81. The summed E-state index contributed by atoms with van der Waals surface area (Å²) in [4.78, 5) is 26.9. The van der Waals surface area contributed by atoms with Gasteiger partial charge in [0.2, 0.25) is 0 Å². The van der Waals surface area contributed by atoms with Crippen LogP contribution in [0.5, 0.6) is 5.75 Å². The van der Waals surface area contributed by atoms with Crippen LogP contribution in [0.2, 0.25) is 0 Å². The van der Waals surface area contributed by atoms with Gasteiger partial charge in [-0.2, -0.15) is 5.10 Å². The van der Waals surface area contributed by atoms with Crippen molar-refractivity contribution < 1.29 is 18.7 Å². The van der Waals surface area contributed by atoms with E-state index in [9.17, 15) is 14.0 Å². The third kappa shape index (κ3) is 5.43. The topological polar surface area (TPSA) is 74.2 Å². The first kappa shape index (κ1) is 23.2. The Morgan fingerprint density at radius 2 is 1.84 bits per heavy atom. The Morgan fingerprint density at radius 3 is 2.44 bits per heavy atom. The molecule has 8 heteroatoms. The van der Waals surface area contributed by atoms with E-state index in [-0.39, 0.29) is 18.5 Å². The summed E-state index contributed by atoms with van der Waals surface area (Å²) in [6.45, 7) is 5.44. The number of halogens is 1. The number of methoxy groups -OCH3 is 1. The number of hydrazone groups is 1. The molecule has 0 fully saturated rings. The van der Waals surface area contributed by atoms with Crippen molar-refractivity contribution in [3.63, 3.8) is 0 Å². The zero-order valence-electron chi connectivity index (χ0n) is 19.1. The molecule has 1 unspecified atom stereocenters. The van der Waals surface area contributed by atoms with Gasteiger partial charge in [0, 0.05) is 24.6 Å². The molecule has 3 rings (SSSR count). The maximum absolute atomic E-state index is 14.4. The maximum Gasteiger partial charge on any atom is 0.318 e. The summed E-state index contributed by atoms with van der Waals surface area (Å²) in [6, 6.07) is 12.9. The third-order valence-corrected chi connectivity index (χ3v) is 5.05. The molecule has 0 saturated carbocycles. The number of nitrogens with one attached hydrogen (secondary N) is 1. The lowest BCUT2D eigenvalue weighted by molar-refractivity contribution is -0.133. The number of nitrogens with zero attached hydrogens (tertiary/aromatic N) is 3. The highest BCUT2D eigenvalue weighted by Crippen LogP contribution is 2.34. The molecule has 170 valence electrons. The van der Waals surface area contributed by atoms with E-state index < -0.39 is 17.4 Å². The van der Waals surface area contributed by atoms with E-state index in [2.05, 4.69) is 10.4 Å². The minimum absolute atomic E-state index is 0.164. The van der Waals surface area contributed by atoms with Crippen LogP contribution in [0.3, 0.4) is 0 Å². The number of carbonyl (C=O) groups is 2. The van der Waals surface area contributed by atoms with Gasteiger partial charge >= 0.3 is 6.03 Å². The van der Waals surface area contributed by atoms with Crippen LogP contribution in [0.4, 0.5) is 9.18 Å². The lowest BCUT2D eigenvalue weighted by Gasteiger charge is -2.28. The monoisotopic (exact) mass is 440 g/mol. The molecule has 0 bridgehead atoms. The molecule has 0 spiro atoms. The number of hydrogen-bond donors (Lipinski definition) is 1. The predicted octanol–water partition coefficient (Wildman–Crippen LogP) is 3.95. The first-order chi connectivity index (χ1) is 15.1. The summed E-state index contributed by atoms with van der Waals surface area (Å²) in [6.07, 6.45) is 0.358. The fourth-order valence-electron chi connectivity index (χ4n) is 3.45.